The third-order valence-electron chi connectivity index (χ3n) is 0.388. The summed E-state index contributed by atoms with van der Waals surface area (Å²) >= 11 is 5.14. The normalized spacial score (nSPS) is 11.3. The van der Waals surface area contributed by atoms with Crippen molar-refractivity contribution in [3.63, 3.8) is 0 Å². The average Bonchev–Trinajstić information content (AvgIpc) is 1.65. The highest BCUT2D eigenvalue weighted by molar-refractivity contribution is 6.38. The van der Waals surface area contributed by atoms with Gasteiger partial charge < -0.3 is 0 Å². The van der Waals surface area contributed by atoms with Crippen molar-refractivity contribution in [3.8, 4) is 0 Å². The van der Waals surface area contributed by atoms with Crippen molar-refractivity contribution < 1.29 is 4.79 Å². The molecule has 0 aliphatic rings. The Morgan fingerprint density at radius 2 is 2.33 bits per heavy atom. The summed E-state index contributed by atoms with van der Waals surface area (Å²) in [6.45, 7) is 1.71. The molecule has 6 heavy (non-hydrogen) atoms. The number of hydrogen-bond donors (Lipinski definition) is 0. The Balaban J connectivity index is 3.50. The van der Waals surface area contributed by atoms with Gasteiger partial charge in [-0.2, -0.15) is 0 Å². The molecule has 0 radical (unpaired) electrons. The lowest BCUT2D eigenvalue weighted by Crippen LogP contribution is -1.64. The monoisotopic (exact) mass is 104 g/mol. The zero-order valence-corrected chi connectivity index (χ0v) is 4.20. The van der Waals surface area contributed by atoms with Crippen LogP contribution in [0.4, 0.5) is 0 Å². The molecule has 0 spiro atoms. The maximum absolute atomic E-state index is 9.54. The quantitative estimate of drug-likeness (QED) is 0.362. The molecule has 0 N–H and O–H groups in total. The van der Waals surface area contributed by atoms with E-state index >= 15 is 0 Å². The zero-order chi connectivity index (χ0) is 4.99. The van der Waals surface area contributed by atoms with Gasteiger partial charge in [0.15, 0.2) is 6.29 Å². The Kier molecular flexibility index (Phi) is 2.77. The number of carbonyl (C=O) groups is 1. The third kappa shape index (κ3) is 1.97. The Hall–Kier alpha value is -0.300. The van der Waals surface area contributed by atoms with E-state index in [1.54, 1.807) is 6.92 Å². The molecule has 0 aliphatic heterocycles. The molecule has 0 fully saturated rings. The molecule has 34 valence electrons. The van der Waals surface area contributed by atoms with Crippen LogP contribution in [-0.4, -0.2) is 6.29 Å². The number of carbonyl (C=O) groups excluding carboxylic acids is 1. The molecule has 0 unspecified atom stereocenters. The fourth-order valence-electron chi connectivity index (χ4n) is 0.0680. The van der Waals surface area contributed by atoms with Crippen LogP contribution in [0.5, 0.6) is 0 Å². The molecule has 0 amide bonds. The maximum atomic E-state index is 9.54. The highest BCUT2D eigenvalue weighted by Gasteiger charge is 1.76. The van der Waals surface area contributed by atoms with Gasteiger partial charge in [0.2, 0.25) is 0 Å². The lowest BCUT2D eigenvalue weighted by atomic mass is 10.6. The van der Waals surface area contributed by atoms with E-state index in [0.717, 1.165) is 0 Å². The second-order valence-corrected chi connectivity index (χ2v) is 1.23. The van der Waals surface area contributed by atoms with Gasteiger partial charge >= 0.3 is 0 Å². The van der Waals surface area contributed by atoms with E-state index in [0.29, 0.717) is 6.29 Å². The van der Waals surface area contributed by atoms with Crippen LogP contribution in [-0.2, 0) is 4.79 Å². The number of allylic oxidation sites excluding steroid dienone is 2. The summed E-state index contributed by atoms with van der Waals surface area (Å²) in [5, 5.41) is 0.259. The maximum Gasteiger partial charge on any atom is 0.161 e. The second-order valence-electron chi connectivity index (χ2n) is 0.791. The van der Waals surface area contributed by atoms with Crippen molar-refractivity contribution in [2.75, 3.05) is 0 Å². The lowest BCUT2D eigenvalue weighted by molar-refractivity contribution is -0.104. The first-order valence-electron chi connectivity index (χ1n) is 1.58. The number of rotatable bonds is 1. The predicted octanol–water partition coefficient (Wildman–Crippen LogP) is 1.33. The van der Waals surface area contributed by atoms with Gasteiger partial charge in [0.05, 0.1) is 5.03 Å². The van der Waals surface area contributed by atoms with Crippen molar-refractivity contribution in [2.24, 2.45) is 0 Å². The summed E-state index contributed by atoms with van der Waals surface area (Å²) in [6, 6.07) is 0. The topological polar surface area (TPSA) is 17.1 Å². The summed E-state index contributed by atoms with van der Waals surface area (Å²) in [6.07, 6.45) is 2.14. The van der Waals surface area contributed by atoms with Gasteiger partial charge in [-0.25, -0.2) is 0 Å². The molecule has 0 heterocycles. The first-order valence-corrected chi connectivity index (χ1v) is 1.96. The summed E-state index contributed by atoms with van der Waals surface area (Å²) in [7, 11) is 0. The molecule has 0 aromatic carbocycles. The van der Waals surface area contributed by atoms with Gasteiger partial charge in [0.1, 0.15) is 0 Å². The molecule has 0 saturated carbocycles. The minimum atomic E-state index is 0.259. The zero-order valence-electron chi connectivity index (χ0n) is 3.44. The summed E-state index contributed by atoms with van der Waals surface area (Å²) < 4.78 is 0. The van der Waals surface area contributed by atoms with Crippen LogP contribution in [0, 0.1) is 0 Å². The van der Waals surface area contributed by atoms with E-state index < -0.39 is 0 Å². The number of hydrogen-bond acceptors (Lipinski definition) is 1. The smallest absolute Gasteiger partial charge is 0.161 e. The highest BCUT2D eigenvalue weighted by Crippen LogP contribution is 1.91. The van der Waals surface area contributed by atoms with E-state index in [1.165, 1.54) is 6.08 Å². The van der Waals surface area contributed by atoms with Crippen molar-refractivity contribution >= 4 is 17.9 Å². The van der Waals surface area contributed by atoms with Crippen LogP contribution in [0.2, 0.25) is 0 Å². The first-order chi connectivity index (χ1) is 2.81. The molecular formula is C4H5ClO. The van der Waals surface area contributed by atoms with Crippen LogP contribution in [0.3, 0.4) is 0 Å². The Bertz CT molecular complexity index is 75.6. The van der Waals surface area contributed by atoms with Crippen LogP contribution in [0.25, 0.3) is 0 Å². The van der Waals surface area contributed by atoms with Crippen molar-refractivity contribution in [1.29, 1.82) is 0 Å². The van der Waals surface area contributed by atoms with E-state index in [1.807, 2.05) is 0 Å². The van der Waals surface area contributed by atoms with Gasteiger partial charge in [-0.1, -0.05) is 17.7 Å². The van der Waals surface area contributed by atoms with E-state index in [9.17, 15) is 4.79 Å². The highest BCUT2D eigenvalue weighted by atomic mass is 35.5. The number of aldehydes is 1. The summed E-state index contributed by atoms with van der Waals surface area (Å²) in [5.41, 5.74) is 0. The molecule has 0 atom stereocenters. The first kappa shape index (κ1) is 5.70. The summed E-state index contributed by atoms with van der Waals surface area (Å²) in [5.74, 6) is 0. The fraction of sp³-hybridized carbons (Fsp3) is 0.250. The van der Waals surface area contributed by atoms with Gasteiger partial charge in [-0.3, -0.25) is 4.79 Å². The van der Waals surface area contributed by atoms with Crippen LogP contribution < -0.4 is 0 Å². The number of halogens is 1. The van der Waals surface area contributed by atoms with Crippen LogP contribution in [0.15, 0.2) is 11.1 Å². The SMILES string of the molecule is CC=C(Cl)C=O. The van der Waals surface area contributed by atoms with Crippen LogP contribution >= 0.6 is 11.6 Å². The van der Waals surface area contributed by atoms with Crippen molar-refractivity contribution in [2.45, 2.75) is 6.92 Å². The third-order valence-corrected chi connectivity index (χ3v) is 0.696. The molecule has 0 aromatic heterocycles. The second kappa shape index (κ2) is 2.91. The van der Waals surface area contributed by atoms with E-state index in [2.05, 4.69) is 0 Å². The Morgan fingerprint density at radius 1 is 1.83 bits per heavy atom. The molecular weight excluding hydrogens is 99.5 g/mol. The largest absolute Gasteiger partial charge is 0.297 e. The molecule has 0 saturated heterocycles. The van der Waals surface area contributed by atoms with Gasteiger partial charge in [-0.05, 0) is 6.92 Å². The molecule has 1 nitrogen and oxygen atoms in total. The summed E-state index contributed by atoms with van der Waals surface area (Å²) in [4.78, 5) is 9.54. The minimum absolute atomic E-state index is 0.259. The Morgan fingerprint density at radius 3 is 2.33 bits per heavy atom. The van der Waals surface area contributed by atoms with Crippen molar-refractivity contribution in [3.05, 3.63) is 11.1 Å². The van der Waals surface area contributed by atoms with Crippen LogP contribution in [0.1, 0.15) is 6.92 Å². The molecule has 2 heteroatoms. The van der Waals surface area contributed by atoms with Gasteiger partial charge in [0.25, 0.3) is 0 Å². The molecule has 0 aromatic rings. The molecule has 0 rings (SSSR count). The predicted molar refractivity (Wildman–Crippen MR) is 25.7 cm³/mol. The van der Waals surface area contributed by atoms with E-state index in [-0.39, 0.29) is 5.03 Å². The van der Waals surface area contributed by atoms with E-state index in [4.69, 9.17) is 11.6 Å². The molecule has 0 bridgehead atoms. The van der Waals surface area contributed by atoms with Gasteiger partial charge in [0, 0.05) is 0 Å². The minimum Gasteiger partial charge on any atom is -0.297 e. The van der Waals surface area contributed by atoms with Gasteiger partial charge in [-0.15, -0.1) is 0 Å². The average molecular weight is 105 g/mol. The standard InChI is InChI=1S/C4H5ClO/c1-2-4(5)3-6/h2-3H,1H3. The lowest BCUT2D eigenvalue weighted by Gasteiger charge is -1.70. The fourth-order valence-corrected chi connectivity index (χ4v) is 0.0680. The molecule has 0 aliphatic carbocycles. The Labute approximate surface area is 41.6 Å². The van der Waals surface area contributed by atoms with Crippen molar-refractivity contribution in [1.82, 2.24) is 0 Å².